The van der Waals surface area contributed by atoms with Gasteiger partial charge in [0.1, 0.15) is 0 Å². The van der Waals surface area contributed by atoms with Crippen LogP contribution in [0.1, 0.15) is 45.1 Å². The van der Waals surface area contributed by atoms with E-state index >= 15 is 0 Å². The first-order valence-corrected chi connectivity index (χ1v) is 8.13. The van der Waals surface area contributed by atoms with Gasteiger partial charge in [0.05, 0.1) is 6.10 Å². The molecule has 0 aliphatic carbocycles. The van der Waals surface area contributed by atoms with Crippen molar-refractivity contribution < 1.29 is 9.90 Å². The second kappa shape index (κ2) is 7.14. The lowest BCUT2D eigenvalue weighted by Crippen LogP contribution is -2.41. The molecule has 1 aromatic rings. The number of nitrogens with one attached hydrogen (secondary N) is 1. The second-order valence-corrected chi connectivity index (χ2v) is 7.21. The molecule has 1 heterocycles. The number of carbonyl (C=O) groups is 1. The van der Waals surface area contributed by atoms with Crippen molar-refractivity contribution in [2.24, 2.45) is 5.41 Å². The predicted octanol–water partition coefficient (Wildman–Crippen LogP) is 2.98. The molecule has 2 amide bonds. The highest BCUT2D eigenvalue weighted by atomic mass is 16.3. The summed E-state index contributed by atoms with van der Waals surface area (Å²) in [6.07, 6.45) is 1.32. The standard InChI is InChI=1S/C18H28N2O2/c1-14(21)11-16(15-7-5-4-6-8-15)12-19-17(22)20-10-9-18(2,3)13-20/h4-8,14,16,21H,9-13H2,1-3H3,(H,19,22). The normalized spacial score (nSPS) is 19.7. The number of aliphatic hydroxyl groups excluding tert-OH is 1. The van der Waals surface area contributed by atoms with Gasteiger partial charge in [-0.3, -0.25) is 0 Å². The first-order chi connectivity index (χ1) is 10.4. The monoisotopic (exact) mass is 304 g/mol. The summed E-state index contributed by atoms with van der Waals surface area (Å²) < 4.78 is 0. The molecule has 2 unspecified atom stereocenters. The fourth-order valence-electron chi connectivity index (χ4n) is 3.08. The molecule has 4 nitrogen and oxygen atoms in total. The Morgan fingerprint density at radius 2 is 2.05 bits per heavy atom. The maximum absolute atomic E-state index is 12.3. The van der Waals surface area contributed by atoms with Gasteiger partial charge in [-0.15, -0.1) is 0 Å². The summed E-state index contributed by atoms with van der Waals surface area (Å²) in [6, 6.07) is 10.1. The fraction of sp³-hybridized carbons (Fsp3) is 0.611. The van der Waals surface area contributed by atoms with Gasteiger partial charge in [0.25, 0.3) is 0 Å². The highest BCUT2D eigenvalue weighted by Crippen LogP contribution is 2.28. The highest BCUT2D eigenvalue weighted by Gasteiger charge is 2.32. The van der Waals surface area contributed by atoms with Gasteiger partial charge in [-0.2, -0.15) is 0 Å². The predicted molar refractivity (Wildman–Crippen MR) is 88.9 cm³/mol. The van der Waals surface area contributed by atoms with E-state index in [0.29, 0.717) is 13.0 Å². The summed E-state index contributed by atoms with van der Waals surface area (Å²) in [5.41, 5.74) is 1.38. The molecule has 2 rings (SSSR count). The summed E-state index contributed by atoms with van der Waals surface area (Å²) in [5.74, 6) is 0.140. The van der Waals surface area contributed by atoms with E-state index in [-0.39, 0.29) is 23.5 Å². The topological polar surface area (TPSA) is 52.6 Å². The minimum atomic E-state index is -0.382. The summed E-state index contributed by atoms with van der Waals surface area (Å²) in [6.45, 7) is 8.38. The number of rotatable bonds is 5. The molecule has 0 aromatic heterocycles. The van der Waals surface area contributed by atoms with Gasteiger partial charge in [0.15, 0.2) is 0 Å². The lowest BCUT2D eigenvalue weighted by atomic mass is 9.93. The Labute approximate surface area is 133 Å². The summed E-state index contributed by atoms with van der Waals surface area (Å²) in [7, 11) is 0. The number of urea groups is 1. The maximum Gasteiger partial charge on any atom is 0.317 e. The van der Waals surface area contributed by atoms with Gasteiger partial charge in [0.2, 0.25) is 0 Å². The van der Waals surface area contributed by atoms with Crippen molar-refractivity contribution in [1.29, 1.82) is 0 Å². The van der Waals surface area contributed by atoms with Crippen LogP contribution in [0.3, 0.4) is 0 Å². The first kappa shape index (κ1) is 16.8. The Morgan fingerprint density at radius 3 is 2.59 bits per heavy atom. The van der Waals surface area contributed by atoms with E-state index in [4.69, 9.17) is 0 Å². The molecule has 2 atom stereocenters. The van der Waals surface area contributed by atoms with Crippen LogP contribution in [-0.4, -0.2) is 41.8 Å². The third kappa shape index (κ3) is 4.73. The molecular formula is C18H28N2O2. The van der Waals surface area contributed by atoms with E-state index in [1.165, 1.54) is 0 Å². The molecule has 1 aliphatic heterocycles. The highest BCUT2D eigenvalue weighted by molar-refractivity contribution is 5.74. The van der Waals surface area contributed by atoms with Crippen molar-refractivity contribution >= 4 is 6.03 Å². The lowest BCUT2D eigenvalue weighted by molar-refractivity contribution is 0.171. The van der Waals surface area contributed by atoms with Crippen LogP contribution in [0.25, 0.3) is 0 Å². The Balaban J connectivity index is 1.92. The van der Waals surface area contributed by atoms with Gasteiger partial charge in [-0.1, -0.05) is 44.2 Å². The maximum atomic E-state index is 12.3. The number of carbonyl (C=O) groups excluding carboxylic acids is 1. The van der Waals surface area contributed by atoms with Crippen LogP contribution in [0.2, 0.25) is 0 Å². The van der Waals surface area contributed by atoms with Gasteiger partial charge >= 0.3 is 6.03 Å². The molecule has 0 radical (unpaired) electrons. The number of aliphatic hydroxyl groups is 1. The van der Waals surface area contributed by atoms with Crippen molar-refractivity contribution in [3.8, 4) is 0 Å². The Kier molecular flexibility index (Phi) is 5.46. The van der Waals surface area contributed by atoms with E-state index < -0.39 is 0 Å². The van der Waals surface area contributed by atoms with E-state index in [9.17, 15) is 9.90 Å². The Hall–Kier alpha value is -1.55. The van der Waals surface area contributed by atoms with Gasteiger partial charge in [0, 0.05) is 25.6 Å². The van der Waals surface area contributed by atoms with Gasteiger partial charge < -0.3 is 15.3 Å². The van der Waals surface area contributed by atoms with E-state index in [1.807, 2.05) is 23.1 Å². The molecule has 1 fully saturated rings. The van der Waals surface area contributed by atoms with Crippen LogP contribution in [0.4, 0.5) is 4.79 Å². The SMILES string of the molecule is CC(O)CC(CNC(=O)N1CCC(C)(C)C1)c1ccccc1. The number of likely N-dealkylation sites (tertiary alicyclic amines) is 1. The minimum Gasteiger partial charge on any atom is -0.393 e. The number of nitrogens with zero attached hydrogens (tertiary/aromatic N) is 1. The van der Waals surface area contributed by atoms with Crippen molar-refractivity contribution in [1.82, 2.24) is 10.2 Å². The summed E-state index contributed by atoms with van der Waals surface area (Å²) in [4.78, 5) is 14.2. The molecule has 4 heteroatoms. The molecule has 2 N–H and O–H groups in total. The van der Waals surface area contributed by atoms with Crippen LogP contribution in [0, 0.1) is 5.41 Å². The zero-order valence-corrected chi connectivity index (χ0v) is 13.9. The minimum absolute atomic E-state index is 0.0112. The molecular weight excluding hydrogens is 276 g/mol. The fourth-order valence-corrected chi connectivity index (χ4v) is 3.08. The van der Waals surface area contributed by atoms with Crippen LogP contribution in [0.5, 0.6) is 0 Å². The Bertz CT molecular complexity index is 485. The summed E-state index contributed by atoms with van der Waals surface area (Å²) >= 11 is 0. The van der Waals surface area contributed by atoms with Crippen LogP contribution in [-0.2, 0) is 0 Å². The number of hydrogen-bond donors (Lipinski definition) is 2. The smallest absolute Gasteiger partial charge is 0.317 e. The van der Waals surface area contributed by atoms with Crippen LogP contribution >= 0.6 is 0 Å². The molecule has 1 aliphatic rings. The van der Waals surface area contributed by atoms with Crippen molar-refractivity contribution in [2.75, 3.05) is 19.6 Å². The largest absolute Gasteiger partial charge is 0.393 e. The number of amides is 2. The first-order valence-electron chi connectivity index (χ1n) is 8.13. The molecule has 122 valence electrons. The van der Waals surface area contributed by atoms with E-state index in [0.717, 1.165) is 25.1 Å². The average Bonchev–Trinajstić information content (AvgIpc) is 2.84. The van der Waals surface area contributed by atoms with Crippen molar-refractivity contribution in [3.63, 3.8) is 0 Å². The number of hydrogen-bond acceptors (Lipinski definition) is 2. The van der Waals surface area contributed by atoms with Crippen molar-refractivity contribution in [3.05, 3.63) is 35.9 Å². The third-order valence-electron chi connectivity index (χ3n) is 4.36. The second-order valence-electron chi connectivity index (χ2n) is 7.21. The average molecular weight is 304 g/mol. The molecule has 0 spiro atoms. The van der Waals surface area contributed by atoms with E-state index in [2.05, 4.69) is 31.3 Å². The summed E-state index contributed by atoms with van der Waals surface area (Å²) in [5, 5.41) is 12.7. The molecule has 1 saturated heterocycles. The molecule has 0 saturated carbocycles. The zero-order chi connectivity index (χ0) is 16.2. The third-order valence-corrected chi connectivity index (χ3v) is 4.36. The van der Waals surface area contributed by atoms with Gasteiger partial charge in [-0.25, -0.2) is 4.79 Å². The molecule has 0 bridgehead atoms. The van der Waals surface area contributed by atoms with Gasteiger partial charge in [-0.05, 0) is 30.7 Å². The quantitative estimate of drug-likeness (QED) is 0.878. The molecule has 22 heavy (non-hydrogen) atoms. The van der Waals surface area contributed by atoms with Crippen LogP contribution in [0.15, 0.2) is 30.3 Å². The van der Waals surface area contributed by atoms with Crippen LogP contribution < -0.4 is 5.32 Å². The Morgan fingerprint density at radius 1 is 1.36 bits per heavy atom. The van der Waals surface area contributed by atoms with E-state index in [1.54, 1.807) is 6.92 Å². The molecule has 1 aromatic carbocycles. The lowest BCUT2D eigenvalue weighted by Gasteiger charge is -2.23. The number of benzene rings is 1. The van der Waals surface area contributed by atoms with Crippen molar-refractivity contribution in [2.45, 2.75) is 45.6 Å². The zero-order valence-electron chi connectivity index (χ0n) is 13.9.